The lowest BCUT2D eigenvalue weighted by Crippen LogP contribution is -2.53. The average Bonchev–Trinajstić information content (AvgIpc) is 2.64. The molecule has 3 fully saturated rings. The smallest absolute Gasteiger partial charge is 0.227 e. The first kappa shape index (κ1) is 17.7. The second-order valence-corrected chi connectivity index (χ2v) is 7.80. The topological polar surface area (TPSA) is 43.9 Å². The molecule has 2 amide bonds. The van der Waals surface area contributed by atoms with Gasteiger partial charge in [-0.3, -0.25) is 9.59 Å². The van der Waals surface area contributed by atoms with Crippen LogP contribution < -0.4 is 0 Å². The molecule has 0 N–H and O–H groups in total. The summed E-state index contributed by atoms with van der Waals surface area (Å²) in [6.45, 7) is 8.44. The molecule has 2 heterocycles. The van der Waals surface area contributed by atoms with Crippen LogP contribution in [-0.4, -0.2) is 72.3 Å². The SMILES string of the molecule is CCN1CCN(C(=O)C2CCC(=O)N(CC3CCCCC3)C2)CC1. The van der Waals surface area contributed by atoms with E-state index in [0.29, 0.717) is 18.9 Å². The van der Waals surface area contributed by atoms with E-state index in [1.54, 1.807) is 0 Å². The van der Waals surface area contributed by atoms with Crippen LogP contribution in [0.3, 0.4) is 0 Å². The minimum atomic E-state index is 0.0273. The molecule has 0 aromatic rings. The van der Waals surface area contributed by atoms with Gasteiger partial charge in [0.1, 0.15) is 0 Å². The number of hydrogen-bond acceptors (Lipinski definition) is 3. The average molecular weight is 335 g/mol. The van der Waals surface area contributed by atoms with Gasteiger partial charge in [-0.2, -0.15) is 0 Å². The molecule has 1 unspecified atom stereocenters. The van der Waals surface area contributed by atoms with Crippen LogP contribution in [0.5, 0.6) is 0 Å². The van der Waals surface area contributed by atoms with Crippen molar-refractivity contribution in [3.63, 3.8) is 0 Å². The molecule has 3 aliphatic rings. The Kier molecular flexibility index (Phi) is 6.14. The number of carbonyl (C=O) groups is 2. The Balaban J connectivity index is 1.52. The second kappa shape index (κ2) is 8.32. The molecular formula is C19H33N3O2. The first-order valence-electron chi connectivity index (χ1n) is 9.96. The Bertz CT molecular complexity index is 440. The molecule has 1 saturated carbocycles. The fraction of sp³-hybridized carbons (Fsp3) is 0.895. The lowest BCUT2D eigenvalue weighted by atomic mass is 9.87. The van der Waals surface area contributed by atoms with Crippen LogP contribution in [0.4, 0.5) is 0 Å². The van der Waals surface area contributed by atoms with E-state index in [0.717, 1.165) is 45.7 Å². The van der Waals surface area contributed by atoms with Crippen LogP contribution in [0.1, 0.15) is 51.9 Å². The van der Waals surface area contributed by atoms with Crippen LogP contribution in [0, 0.1) is 11.8 Å². The van der Waals surface area contributed by atoms with E-state index in [1.165, 1.54) is 32.1 Å². The summed E-state index contributed by atoms with van der Waals surface area (Å²) in [6.07, 6.45) is 7.75. The highest BCUT2D eigenvalue weighted by Gasteiger charge is 2.34. The number of amides is 2. The molecule has 0 spiro atoms. The minimum absolute atomic E-state index is 0.0273. The first-order valence-corrected chi connectivity index (χ1v) is 9.96. The summed E-state index contributed by atoms with van der Waals surface area (Å²) in [7, 11) is 0. The molecule has 2 aliphatic heterocycles. The van der Waals surface area contributed by atoms with Crippen molar-refractivity contribution in [1.82, 2.24) is 14.7 Å². The van der Waals surface area contributed by atoms with Gasteiger partial charge in [0.25, 0.3) is 0 Å². The highest BCUT2D eigenvalue weighted by molar-refractivity contribution is 5.84. The third-order valence-electron chi connectivity index (χ3n) is 6.18. The van der Waals surface area contributed by atoms with Crippen LogP contribution >= 0.6 is 0 Å². The maximum Gasteiger partial charge on any atom is 0.227 e. The van der Waals surface area contributed by atoms with Gasteiger partial charge in [0.2, 0.25) is 11.8 Å². The molecule has 1 aliphatic carbocycles. The molecule has 0 bridgehead atoms. The summed E-state index contributed by atoms with van der Waals surface area (Å²) in [6, 6.07) is 0. The lowest BCUT2D eigenvalue weighted by Gasteiger charge is -2.39. The number of nitrogens with zero attached hydrogens (tertiary/aromatic N) is 3. The molecule has 24 heavy (non-hydrogen) atoms. The van der Waals surface area contributed by atoms with Gasteiger partial charge in [-0.05, 0) is 31.7 Å². The van der Waals surface area contributed by atoms with E-state index in [2.05, 4.69) is 11.8 Å². The Morgan fingerprint density at radius 1 is 1.04 bits per heavy atom. The zero-order valence-electron chi connectivity index (χ0n) is 15.2. The first-order chi connectivity index (χ1) is 11.7. The largest absolute Gasteiger partial charge is 0.342 e. The van der Waals surface area contributed by atoms with Crippen molar-refractivity contribution >= 4 is 11.8 Å². The lowest BCUT2D eigenvalue weighted by molar-refractivity contribution is -0.144. The standard InChI is InChI=1S/C19H33N3O2/c1-2-20-10-12-21(13-11-20)19(24)17-8-9-18(23)22(15-17)14-16-6-4-3-5-7-16/h16-17H,2-15H2,1H3. The number of hydrogen-bond donors (Lipinski definition) is 0. The summed E-state index contributed by atoms with van der Waals surface area (Å²) in [5.41, 5.74) is 0. The van der Waals surface area contributed by atoms with Gasteiger partial charge in [-0.1, -0.05) is 26.2 Å². The van der Waals surface area contributed by atoms with E-state index in [9.17, 15) is 9.59 Å². The Labute approximate surface area is 146 Å². The number of likely N-dealkylation sites (tertiary alicyclic amines) is 1. The van der Waals surface area contributed by atoms with Crippen molar-refractivity contribution < 1.29 is 9.59 Å². The van der Waals surface area contributed by atoms with Crippen molar-refractivity contribution in [1.29, 1.82) is 0 Å². The van der Waals surface area contributed by atoms with E-state index in [1.807, 2.05) is 9.80 Å². The zero-order chi connectivity index (χ0) is 16.9. The number of piperazine rings is 1. The third kappa shape index (κ3) is 4.29. The minimum Gasteiger partial charge on any atom is -0.342 e. The molecule has 1 atom stereocenters. The molecule has 5 heteroatoms. The van der Waals surface area contributed by atoms with Crippen molar-refractivity contribution in [3.05, 3.63) is 0 Å². The van der Waals surface area contributed by atoms with Crippen LogP contribution in [0.15, 0.2) is 0 Å². The van der Waals surface area contributed by atoms with Crippen LogP contribution in [-0.2, 0) is 9.59 Å². The van der Waals surface area contributed by atoms with Gasteiger partial charge in [0, 0.05) is 45.7 Å². The van der Waals surface area contributed by atoms with Crippen molar-refractivity contribution in [2.75, 3.05) is 45.8 Å². The Morgan fingerprint density at radius 2 is 1.75 bits per heavy atom. The van der Waals surface area contributed by atoms with Crippen LogP contribution in [0.25, 0.3) is 0 Å². The molecule has 5 nitrogen and oxygen atoms in total. The van der Waals surface area contributed by atoms with E-state index in [-0.39, 0.29) is 17.7 Å². The fourth-order valence-corrected chi connectivity index (χ4v) is 4.52. The molecule has 0 aromatic heterocycles. The Hall–Kier alpha value is -1.10. The van der Waals surface area contributed by atoms with Gasteiger partial charge in [-0.25, -0.2) is 0 Å². The predicted molar refractivity (Wildman–Crippen MR) is 94.6 cm³/mol. The molecule has 2 saturated heterocycles. The molecule has 136 valence electrons. The van der Waals surface area contributed by atoms with Crippen molar-refractivity contribution in [2.45, 2.75) is 51.9 Å². The monoisotopic (exact) mass is 335 g/mol. The van der Waals surface area contributed by atoms with Gasteiger partial charge in [-0.15, -0.1) is 0 Å². The number of rotatable bonds is 4. The van der Waals surface area contributed by atoms with Crippen molar-refractivity contribution in [2.24, 2.45) is 11.8 Å². The highest BCUT2D eigenvalue weighted by Crippen LogP contribution is 2.27. The molecular weight excluding hydrogens is 302 g/mol. The normalized spacial score (nSPS) is 27.5. The third-order valence-corrected chi connectivity index (χ3v) is 6.18. The number of likely N-dealkylation sites (N-methyl/N-ethyl adjacent to an activating group) is 1. The number of piperidine rings is 1. The second-order valence-electron chi connectivity index (χ2n) is 7.80. The number of carbonyl (C=O) groups excluding carboxylic acids is 2. The summed E-state index contributed by atoms with van der Waals surface area (Å²) in [4.78, 5) is 31.6. The molecule has 0 aromatic carbocycles. The van der Waals surface area contributed by atoms with Gasteiger partial charge < -0.3 is 14.7 Å². The van der Waals surface area contributed by atoms with Crippen molar-refractivity contribution in [3.8, 4) is 0 Å². The molecule has 0 radical (unpaired) electrons. The summed E-state index contributed by atoms with van der Waals surface area (Å²) in [5.74, 6) is 1.23. The Morgan fingerprint density at radius 3 is 2.42 bits per heavy atom. The maximum atomic E-state index is 12.9. The summed E-state index contributed by atoms with van der Waals surface area (Å²) >= 11 is 0. The summed E-state index contributed by atoms with van der Waals surface area (Å²) < 4.78 is 0. The van der Waals surface area contributed by atoms with Gasteiger partial charge in [0.05, 0.1) is 5.92 Å². The highest BCUT2D eigenvalue weighted by atomic mass is 16.2. The quantitative estimate of drug-likeness (QED) is 0.789. The predicted octanol–water partition coefficient (Wildman–Crippen LogP) is 1.97. The van der Waals surface area contributed by atoms with E-state index < -0.39 is 0 Å². The fourth-order valence-electron chi connectivity index (χ4n) is 4.52. The summed E-state index contributed by atoms with van der Waals surface area (Å²) in [5, 5.41) is 0. The molecule has 3 rings (SSSR count). The zero-order valence-corrected chi connectivity index (χ0v) is 15.2. The van der Waals surface area contributed by atoms with Crippen LogP contribution in [0.2, 0.25) is 0 Å². The van der Waals surface area contributed by atoms with Gasteiger partial charge in [0.15, 0.2) is 0 Å². The van der Waals surface area contributed by atoms with E-state index >= 15 is 0 Å². The van der Waals surface area contributed by atoms with Gasteiger partial charge >= 0.3 is 0 Å². The maximum absolute atomic E-state index is 12.9. The van der Waals surface area contributed by atoms with E-state index in [4.69, 9.17) is 0 Å².